The molecule has 1 heterocycles. The minimum Gasteiger partial charge on any atom is -0.366 e. The molecule has 2 aromatic rings. The van der Waals surface area contributed by atoms with Crippen molar-refractivity contribution < 1.29 is 0 Å². The number of aromatic nitrogens is 2. The molecule has 1 aliphatic rings. The SMILES string of the molecule is CSC1CCC(Nc2nc3ccccc3nc2C)CC1. The van der Waals surface area contributed by atoms with Gasteiger partial charge < -0.3 is 5.32 Å². The maximum absolute atomic E-state index is 4.73. The highest BCUT2D eigenvalue weighted by molar-refractivity contribution is 7.99. The number of rotatable bonds is 3. The maximum Gasteiger partial charge on any atom is 0.148 e. The molecule has 0 saturated heterocycles. The molecule has 1 saturated carbocycles. The summed E-state index contributed by atoms with van der Waals surface area (Å²) in [5.74, 6) is 0.955. The Hall–Kier alpha value is -1.29. The Morgan fingerprint density at radius 3 is 2.35 bits per heavy atom. The molecule has 1 aromatic heterocycles. The average molecular weight is 287 g/mol. The van der Waals surface area contributed by atoms with E-state index in [1.165, 1.54) is 25.7 Å². The number of aryl methyl sites for hydroxylation is 1. The fourth-order valence-corrected chi connectivity index (χ4v) is 3.60. The lowest BCUT2D eigenvalue weighted by molar-refractivity contribution is 0.472. The van der Waals surface area contributed by atoms with Crippen LogP contribution in [0.15, 0.2) is 24.3 Å². The van der Waals surface area contributed by atoms with Crippen LogP contribution in [0.1, 0.15) is 31.4 Å². The van der Waals surface area contributed by atoms with E-state index >= 15 is 0 Å². The first-order valence-electron chi connectivity index (χ1n) is 7.29. The van der Waals surface area contributed by atoms with Gasteiger partial charge in [-0.1, -0.05) is 12.1 Å². The first-order chi connectivity index (χ1) is 9.76. The molecule has 3 rings (SSSR count). The molecule has 0 radical (unpaired) electrons. The molecule has 0 spiro atoms. The first kappa shape index (κ1) is 13.7. The van der Waals surface area contributed by atoms with E-state index in [1.54, 1.807) is 0 Å². The summed E-state index contributed by atoms with van der Waals surface area (Å²) in [6, 6.07) is 8.61. The second kappa shape index (κ2) is 6.00. The third-order valence-corrected chi connectivity index (χ3v) is 5.23. The van der Waals surface area contributed by atoms with Gasteiger partial charge in [0.25, 0.3) is 0 Å². The quantitative estimate of drug-likeness (QED) is 0.925. The third kappa shape index (κ3) is 2.90. The summed E-state index contributed by atoms with van der Waals surface area (Å²) >= 11 is 2.00. The van der Waals surface area contributed by atoms with Gasteiger partial charge in [0, 0.05) is 11.3 Å². The van der Waals surface area contributed by atoms with Gasteiger partial charge in [0.15, 0.2) is 0 Å². The Labute approximate surface area is 124 Å². The molecule has 0 bridgehead atoms. The van der Waals surface area contributed by atoms with Crippen molar-refractivity contribution in [3.63, 3.8) is 0 Å². The highest BCUT2D eigenvalue weighted by atomic mass is 32.2. The van der Waals surface area contributed by atoms with Crippen LogP contribution in [-0.4, -0.2) is 27.5 Å². The molecule has 0 atom stereocenters. The van der Waals surface area contributed by atoms with Crippen LogP contribution in [0, 0.1) is 6.92 Å². The molecule has 20 heavy (non-hydrogen) atoms. The van der Waals surface area contributed by atoms with Crippen molar-refractivity contribution in [3.05, 3.63) is 30.0 Å². The van der Waals surface area contributed by atoms with E-state index in [-0.39, 0.29) is 0 Å². The molecular weight excluding hydrogens is 266 g/mol. The van der Waals surface area contributed by atoms with Gasteiger partial charge in [-0.05, 0) is 51.0 Å². The van der Waals surface area contributed by atoms with Crippen LogP contribution in [-0.2, 0) is 0 Å². The molecule has 106 valence electrons. The summed E-state index contributed by atoms with van der Waals surface area (Å²) in [6.45, 7) is 2.04. The smallest absolute Gasteiger partial charge is 0.148 e. The Morgan fingerprint density at radius 2 is 1.70 bits per heavy atom. The summed E-state index contributed by atoms with van der Waals surface area (Å²) in [7, 11) is 0. The number of hydrogen-bond donors (Lipinski definition) is 1. The number of fused-ring (bicyclic) bond motifs is 1. The van der Waals surface area contributed by atoms with Gasteiger partial charge in [-0.25, -0.2) is 9.97 Å². The standard InChI is InChI=1S/C16H21N3S/c1-11-16(18-12-7-9-13(20-2)10-8-12)19-15-6-4-3-5-14(15)17-11/h3-6,12-13H,7-10H2,1-2H3,(H,18,19). The molecule has 1 aromatic carbocycles. The minimum atomic E-state index is 0.549. The summed E-state index contributed by atoms with van der Waals surface area (Å²) < 4.78 is 0. The Bertz CT molecular complexity index is 591. The molecule has 1 N–H and O–H groups in total. The Morgan fingerprint density at radius 1 is 1.05 bits per heavy atom. The third-order valence-electron chi connectivity index (χ3n) is 4.09. The number of nitrogens with zero attached hydrogens (tertiary/aromatic N) is 2. The lowest BCUT2D eigenvalue weighted by atomic mass is 9.95. The van der Waals surface area contributed by atoms with Crippen molar-refractivity contribution in [1.29, 1.82) is 0 Å². The van der Waals surface area contributed by atoms with Crippen molar-refractivity contribution in [2.24, 2.45) is 0 Å². The van der Waals surface area contributed by atoms with Gasteiger partial charge in [0.05, 0.1) is 16.7 Å². The zero-order chi connectivity index (χ0) is 13.9. The summed E-state index contributed by atoms with van der Waals surface area (Å²) in [5, 5.41) is 4.45. The predicted octanol–water partition coefficient (Wildman–Crippen LogP) is 4.02. The zero-order valence-corrected chi connectivity index (χ0v) is 12.9. The molecule has 0 aliphatic heterocycles. The Balaban J connectivity index is 1.76. The second-order valence-corrected chi connectivity index (χ2v) is 6.64. The molecule has 1 fully saturated rings. The van der Waals surface area contributed by atoms with E-state index in [0.29, 0.717) is 6.04 Å². The van der Waals surface area contributed by atoms with E-state index in [2.05, 4.69) is 16.6 Å². The monoisotopic (exact) mass is 287 g/mol. The lowest BCUT2D eigenvalue weighted by Gasteiger charge is -2.28. The number of anilines is 1. The summed E-state index contributed by atoms with van der Waals surface area (Å²) in [6.07, 6.45) is 7.30. The zero-order valence-electron chi connectivity index (χ0n) is 12.1. The number of nitrogens with one attached hydrogen (secondary N) is 1. The highest BCUT2D eigenvalue weighted by Gasteiger charge is 2.21. The van der Waals surface area contributed by atoms with E-state index in [4.69, 9.17) is 4.98 Å². The van der Waals surface area contributed by atoms with E-state index in [1.807, 2.05) is 43.0 Å². The van der Waals surface area contributed by atoms with Crippen molar-refractivity contribution in [2.75, 3.05) is 11.6 Å². The molecule has 0 amide bonds. The number of hydrogen-bond acceptors (Lipinski definition) is 4. The maximum atomic E-state index is 4.73. The van der Waals surface area contributed by atoms with Crippen LogP contribution < -0.4 is 5.32 Å². The second-order valence-electron chi connectivity index (χ2n) is 5.50. The van der Waals surface area contributed by atoms with Crippen LogP contribution in [0.3, 0.4) is 0 Å². The molecule has 0 unspecified atom stereocenters. The molecule has 1 aliphatic carbocycles. The topological polar surface area (TPSA) is 37.8 Å². The van der Waals surface area contributed by atoms with Crippen LogP contribution in [0.5, 0.6) is 0 Å². The van der Waals surface area contributed by atoms with Crippen molar-refractivity contribution >= 4 is 28.6 Å². The van der Waals surface area contributed by atoms with Gasteiger partial charge in [0.2, 0.25) is 0 Å². The lowest BCUT2D eigenvalue weighted by Crippen LogP contribution is -2.27. The van der Waals surface area contributed by atoms with E-state index in [0.717, 1.165) is 27.8 Å². The summed E-state index contributed by atoms with van der Waals surface area (Å²) in [5.41, 5.74) is 2.94. The normalized spacial score (nSPS) is 22.9. The molecule has 3 nitrogen and oxygen atoms in total. The fraction of sp³-hybridized carbons (Fsp3) is 0.500. The fourth-order valence-electron chi connectivity index (χ4n) is 2.86. The van der Waals surface area contributed by atoms with Crippen LogP contribution in [0.2, 0.25) is 0 Å². The van der Waals surface area contributed by atoms with Crippen LogP contribution in [0.25, 0.3) is 11.0 Å². The van der Waals surface area contributed by atoms with Crippen molar-refractivity contribution in [3.8, 4) is 0 Å². The first-order valence-corrected chi connectivity index (χ1v) is 8.58. The number of thioether (sulfide) groups is 1. The number of benzene rings is 1. The average Bonchev–Trinajstić information content (AvgIpc) is 2.49. The van der Waals surface area contributed by atoms with Crippen molar-refractivity contribution in [1.82, 2.24) is 9.97 Å². The van der Waals surface area contributed by atoms with Gasteiger partial charge in [-0.2, -0.15) is 11.8 Å². The van der Waals surface area contributed by atoms with Gasteiger partial charge in [-0.3, -0.25) is 0 Å². The minimum absolute atomic E-state index is 0.549. The van der Waals surface area contributed by atoms with Gasteiger partial charge in [0.1, 0.15) is 5.82 Å². The number of para-hydroxylation sites is 2. The predicted molar refractivity (Wildman–Crippen MR) is 87.5 cm³/mol. The molecule has 4 heteroatoms. The van der Waals surface area contributed by atoms with E-state index in [9.17, 15) is 0 Å². The van der Waals surface area contributed by atoms with Crippen LogP contribution in [0.4, 0.5) is 5.82 Å². The van der Waals surface area contributed by atoms with Gasteiger partial charge >= 0.3 is 0 Å². The van der Waals surface area contributed by atoms with Gasteiger partial charge in [-0.15, -0.1) is 0 Å². The summed E-state index contributed by atoms with van der Waals surface area (Å²) in [4.78, 5) is 9.37. The van der Waals surface area contributed by atoms with E-state index < -0.39 is 0 Å². The van der Waals surface area contributed by atoms with Crippen LogP contribution >= 0.6 is 11.8 Å². The molecular formula is C16H21N3S. The largest absolute Gasteiger partial charge is 0.366 e. The van der Waals surface area contributed by atoms with Crippen molar-refractivity contribution in [2.45, 2.75) is 43.9 Å². The Kier molecular flexibility index (Phi) is 4.10. The highest BCUT2D eigenvalue weighted by Crippen LogP contribution is 2.29.